The summed E-state index contributed by atoms with van der Waals surface area (Å²) in [5.74, 6) is 1.65. The van der Waals surface area contributed by atoms with Crippen LogP contribution in [0.25, 0.3) is 0 Å². The molecule has 5 nitrogen and oxygen atoms in total. The van der Waals surface area contributed by atoms with Gasteiger partial charge in [0, 0.05) is 19.7 Å². The van der Waals surface area contributed by atoms with E-state index in [-0.39, 0.29) is 12.1 Å². The van der Waals surface area contributed by atoms with E-state index in [2.05, 4.69) is 22.2 Å². The van der Waals surface area contributed by atoms with Crippen LogP contribution < -0.4 is 10.2 Å². The second kappa shape index (κ2) is 6.96. The van der Waals surface area contributed by atoms with Gasteiger partial charge in [-0.15, -0.1) is 0 Å². The molecule has 1 rings (SSSR count). The molecule has 0 aromatic carbocycles. The van der Waals surface area contributed by atoms with E-state index in [0.717, 1.165) is 29.8 Å². The van der Waals surface area contributed by atoms with E-state index in [1.54, 1.807) is 0 Å². The molecular weight excluding hydrogens is 260 g/mol. The van der Waals surface area contributed by atoms with Gasteiger partial charge in [0.1, 0.15) is 11.6 Å². The molecule has 1 aromatic heterocycles. The van der Waals surface area contributed by atoms with Crippen molar-refractivity contribution in [1.29, 1.82) is 0 Å². The predicted octanol–water partition coefficient (Wildman–Crippen LogP) is 2.23. The smallest absolute Gasteiger partial charge is 0.191 e. The molecule has 0 bridgehead atoms. The molecule has 0 unspecified atom stereocenters. The van der Waals surface area contributed by atoms with E-state index in [0.29, 0.717) is 0 Å². The monoisotopic (exact) mass is 284 g/mol. The Morgan fingerprint density at radius 1 is 1.42 bits per heavy atom. The summed E-state index contributed by atoms with van der Waals surface area (Å²) in [4.78, 5) is 10.9. The van der Waals surface area contributed by atoms with Gasteiger partial charge in [-0.3, -0.25) is 0 Å². The SMILES string of the molecule is CCCNc1cc(N(C)C(C)(C)CO)nc(SC)n1. The van der Waals surface area contributed by atoms with Crippen LogP contribution in [0.3, 0.4) is 0 Å². The fourth-order valence-electron chi connectivity index (χ4n) is 1.44. The fourth-order valence-corrected chi connectivity index (χ4v) is 1.81. The first kappa shape index (κ1) is 16.0. The average Bonchev–Trinajstić information content (AvgIpc) is 2.43. The van der Waals surface area contributed by atoms with Gasteiger partial charge >= 0.3 is 0 Å². The maximum atomic E-state index is 9.46. The van der Waals surface area contributed by atoms with Crippen LogP contribution in [0.4, 0.5) is 11.6 Å². The highest BCUT2D eigenvalue weighted by Crippen LogP contribution is 2.24. The Morgan fingerprint density at radius 2 is 2.11 bits per heavy atom. The molecule has 0 radical (unpaired) electrons. The Bertz CT molecular complexity index is 412. The number of nitrogens with zero attached hydrogens (tertiary/aromatic N) is 3. The van der Waals surface area contributed by atoms with Crippen molar-refractivity contribution in [2.45, 2.75) is 37.9 Å². The molecule has 1 heterocycles. The maximum Gasteiger partial charge on any atom is 0.191 e. The number of hydrogen-bond acceptors (Lipinski definition) is 6. The Labute approximate surface area is 119 Å². The highest BCUT2D eigenvalue weighted by atomic mass is 32.2. The van der Waals surface area contributed by atoms with Crippen LogP contribution in [-0.4, -0.2) is 47.1 Å². The molecule has 0 atom stereocenters. The standard InChI is InChI=1S/C13H24N4OS/c1-6-7-14-10-8-11(16-12(15-10)19-5)17(4)13(2,3)9-18/h8,18H,6-7,9H2,1-5H3,(H,14,15,16). The van der Waals surface area contributed by atoms with E-state index in [4.69, 9.17) is 0 Å². The van der Waals surface area contributed by atoms with Gasteiger partial charge in [-0.1, -0.05) is 18.7 Å². The van der Waals surface area contributed by atoms with Gasteiger partial charge in [-0.05, 0) is 26.5 Å². The summed E-state index contributed by atoms with van der Waals surface area (Å²) >= 11 is 1.51. The second-order valence-electron chi connectivity index (χ2n) is 5.05. The molecule has 0 saturated carbocycles. The first-order chi connectivity index (χ1) is 8.94. The van der Waals surface area contributed by atoms with Gasteiger partial charge in [0.25, 0.3) is 0 Å². The third-order valence-electron chi connectivity index (χ3n) is 3.07. The lowest BCUT2D eigenvalue weighted by atomic mass is 10.1. The van der Waals surface area contributed by atoms with E-state index < -0.39 is 0 Å². The molecule has 19 heavy (non-hydrogen) atoms. The van der Waals surface area contributed by atoms with Crippen LogP contribution in [0, 0.1) is 0 Å². The molecule has 0 fully saturated rings. The van der Waals surface area contributed by atoms with Crippen molar-refractivity contribution in [3.8, 4) is 0 Å². The van der Waals surface area contributed by atoms with Crippen LogP contribution in [0.1, 0.15) is 27.2 Å². The van der Waals surface area contributed by atoms with Gasteiger partial charge < -0.3 is 15.3 Å². The van der Waals surface area contributed by atoms with Crippen LogP contribution in [0.5, 0.6) is 0 Å². The molecule has 1 aromatic rings. The summed E-state index contributed by atoms with van der Waals surface area (Å²) in [7, 11) is 1.94. The number of rotatable bonds is 7. The molecule has 0 spiro atoms. The summed E-state index contributed by atoms with van der Waals surface area (Å²) in [5, 5.41) is 13.5. The number of aliphatic hydroxyl groups is 1. The van der Waals surface area contributed by atoms with Crippen molar-refractivity contribution in [3.05, 3.63) is 6.07 Å². The van der Waals surface area contributed by atoms with Crippen molar-refractivity contribution in [3.63, 3.8) is 0 Å². The minimum absolute atomic E-state index is 0.0693. The van der Waals surface area contributed by atoms with Crippen molar-refractivity contribution in [1.82, 2.24) is 9.97 Å². The number of aromatic nitrogens is 2. The maximum absolute atomic E-state index is 9.46. The highest BCUT2D eigenvalue weighted by Gasteiger charge is 2.24. The number of thioether (sulfide) groups is 1. The molecule has 2 N–H and O–H groups in total. The first-order valence-corrected chi connectivity index (χ1v) is 7.68. The Hall–Kier alpha value is -1.01. The third kappa shape index (κ3) is 4.24. The lowest BCUT2D eigenvalue weighted by molar-refractivity contribution is 0.215. The average molecular weight is 284 g/mol. The van der Waals surface area contributed by atoms with E-state index in [1.807, 2.05) is 38.1 Å². The summed E-state index contributed by atoms with van der Waals surface area (Å²) in [5.41, 5.74) is -0.355. The van der Waals surface area contributed by atoms with Gasteiger partial charge in [0.15, 0.2) is 5.16 Å². The topological polar surface area (TPSA) is 61.3 Å². The minimum atomic E-state index is -0.355. The van der Waals surface area contributed by atoms with Crippen LogP contribution in [0.15, 0.2) is 11.2 Å². The summed E-state index contributed by atoms with van der Waals surface area (Å²) < 4.78 is 0. The second-order valence-corrected chi connectivity index (χ2v) is 5.83. The number of anilines is 2. The largest absolute Gasteiger partial charge is 0.394 e. The molecule has 0 aliphatic heterocycles. The zero-order valence-corrected chi connectivity index (χ0v) is 13.2. The Morgan fingerprint density at radius 3 is 2.63 bits per heavy atom. The molecule has 108 valence electrons. The molecule has 0 aliphatic carbocycles. The number of nitrogens with one attached hydrogen (secondary N) is 1. The quantitative estimate of drug-likeness (QED) is 0.591. The normalized spacial score (nSPS) is 11.5. The van der Waals surface area contributed by atoms with Crippen molar-refractivity contribution in [2.75, 3.05) is 36.7 Å². The summed E-state index contributed by atoms with van der Waals surface area (Å²) in [6, 6.07) is 1.92. The zero-order chi connectivity index (χ0) is 14.5. The lowest BCUT2D eigenvalue weighted by Crippen LogP contribution is -2.44. The van der Waals surface area contributed by atoms with Crippen molar-refractivity contribution in [2.24, 2.45) is 0 Å². The van der Waals surface area contributed by atoms with Gasteiger partial charge in [0.05, 0.1) is 12.1 Å². The Balaban J connectivity index is 3.05. The van der Waals surface area contributed by atoms with E-state index in [1.165, 1.54) is 11.8 Å². The van der Waals surface area contributed by atoms with Crippen molar-refractivity contribution < 1.29 is 5.11 Å². The van der Waals surface area contributed by atoms with Crippen molar-refractivity contribution >= 4 is 23.4 Å². The van der Waals surface area contributed by atoms with Gasteiger partial charge in [-0.25, -0.2) is 9.97 Å². The molecule has 0 aliphatic rings. The third-order valence-corrected chi connectivity index (χ3v) is 3.62. The van der Waals surface area contributed by atoms with Gasteiger partial charge in [0.2, 0.25) is 0 Å². The Kier molecular flexibility index (Phi) is 5.87. The highest BCUT2D eigenvalue weighted by molar-refractivity contribution is 7.98. The lowest BCUT2D eigenvalue weighted by Gasteiger charge is -2.35. The van der Waals surface area contributed by atoms with Crippen LogP contribution in [0.2, 0.25) is 0 Å². The summed E-state index contributed by atoms with van der Waals surface area (Å²) in [6.45, 7) is 7.03. The van der Waals surface area contributed by atoms with E-state index >= 15 is 0 Å². The minimum Gasteiger partial charge on any atom is -0.394 e. The predicted molar refractivity (Wildman–Crippen MR) is 82.2 cm³/mol. The number of likely N-dealkylation sites (N-methyl/N-ethyl adjacent to an activating group) is 1. The zero-order valence-electron chi connectivity index (χ0n) is 12.4. The molecule has 0 saturated heterocycles. The molecule has 6 heteroatoms. The van der Waals surface area contributed by atoms with Crippen LogP contribution in [-0.2, 0) is 0 Å². The van der Waals surface area contributed by atoms with Gasteiger partial charge in [-0.2, -0.15) is 0 Å². The van der Waals surface area contributed by atoms with E-state index in [9.17, 15) is 5.11 Å². The summed E-state index contributed by atoms with van der Waals surface area (Å²) in [6.07, 6.45) is 3.01. The molecular formula is C13H24N4OS. The fraction of sp³-hybridized carbons (Fsp3) is 0.692. The molecule has 0 amide bonds. The number of aliphatic hydroxyl groups excluding tert-OH is 1. The first-order valence-electron chi connectivity index (χ1n) is 6.46. The van der Waals surface area contributed by atoms with Crippen LogP contribution >= 0.6 is 11.8 Å². The number of hydrogen-bond donors (Lipinski definition) is 2.